The molecule has 0 saturated heterocycles. The van der Waals surface area contributed by atoms with E-state index in [-0.39, 0.29) is 5.75 Å². The van der Waals surface area contributed by atoms with Gasteiger partial charge in [-0.15, -0.1) is 11.8 Å². The molecule has 0 fully saturated rings. The Morgan fingerprint density at radius 1 is 1.16 bits per heavy atom. The molecule has 0 saturated carbocycles. The molecule has 0 atom stereocenters. The molecule has 1 nitrogen and oxygen atoms in total. The standard InChI is InChI=1S/C14H11ClF2OS/c1-19-13-7-6-9(8-11(13)15)10-4-2-3-5-12(10)18-14(16)17/h2-8,14H,1H3. The van der Waals surface area contributed by atoms with E-state index in [1.54, 1.807) is 24.3 Å². The number of hydrogen-bond donors (Lipinski definition) is 0. The van der Waals surface area contributed by atoms with Crippen LogP contribution < -0.4 is 4.74 Å². The molecule has 0 amide bonds. The number of benzene rings is 2. The monoisotopic (exact) mass is 300 g/mol. The average Bonchev–Trinajstić information content (AvgIpc) is 2.38. The van der Waals surface area contributed by atoms with E-state index in [9.17, 15) is 8.78 Å². The van der Waals surface area contributed by atoms with Gasteiger partial charge in [-0.05, 0) is 30.0 Å². The molecule has 2 aromatic rings. The molecule has 5 heteroatoms. The predicted octanol–water partition coefficient (Wildman–Crippen LogP) is 5.33. The van der Waals surface area contributed by atoms with Gasteiger partial charge in [0.1, 0.15) is 5.75 Å². The van der Waals surface area contributed by atoms with E-state index in [4.69, 9.17) is 11.6 Å². The van der Waals surface area contributed by atoms with Crippen molar-refractivity contribution in [1.29, 1.82) is 0 Å². The molecule has 2 rings (SSSR count). The lowest BCUT2D eigenvalue weighted by Gasteiger charge is -2.11. The fourth-order valence-electron chi connectivity index (χ4n) is 1.74. The van der Waals surface area contributed by atoms with Crippen LogP contribution in [0.15, 0.2) is 47.4 Å². The van der Waals surface area contributed by atoms with Gasteiger partial charge in [-0.1, -0.05) is 35.9 Å². The second-order valence-corrected chi connectivity index (χ2v) is 4.98. The number of rotatable bonds is 4. The van der Waals surface area contributed by atoms with Crippen LogP contribution in [0.25, 0.3) is 11.1 Å². The number of hydrogen-bond acceptors (Lipinski definition) is 2. The summed E-state index contributed by atoms with van der Waals surface area (Å²) in [6.07, 6.45) is 1.93. The Balaban J connectivity index is 2.44. The predicted molar refractivity (Wildman–Crippen MR) is 75.3 cm³/mol. The first-order chi connectivity index (χ1) is 9.11. The lowest BCUT2D eigenvalue weighted by molar-refractivity contribution is -0.0494. The third kappa shape index (κ3) is 3.39. The van der Waals surface area contributed by atoms with Gasteiger partial charge in [0.2, 0.25) is 0 Å². The van der Waals surface area contributed by atoms with E-state index < -0.39 is 6.61 Å². The van der Waals surface area contributed by atoms with Gasteiger partial charge in [0.15, 0.2) is 0 Å². The zero-order chi connectivity index (χ0) is 13.8. The Labute approximate surface area is 119 Å². The van der Waals surface area contributed by atoms with E-state index in [1.165, 1.54) is 17.8 Å². The minimum atomic E-state index is -2.85. The van der Waals surface area contributed by atoms with Crippen molar-refractivity contribution in [2.75, 3.05) is 6.26 Å². The van der Waals surface area contributed by atoms with E-state index in [0.717, 1.165) is 10.5 Å². The summed E-state index contributed by atoms with van der Waals surface area (Å²) in [5.41, 5.74) is 1.34. The fraction of sp³-hybridized carbons (Fsp3) is 0.143. The van der Waals surface area contributed by atoms with Crippen molar-refractivity contribution >= 4 is 23.4 Å². The van der Waals surface area contributed by atoms with Crippen LogP contribution in [0.5, 0.6) is 5.75 Å². The van der Waals surface area contributed by atoms with Crippen LogP contribution in [0.4, 0.5) is 8.78 Å². The summed E-state index contributed by atoms with van der Waals surface area (Å²) in [4.78, 5) is 0.942. The summed E-state index contributed by atoms with van der Waals surface area (Å²) in [6, 6.07) is 12.1. The van der Waals surface area contributed by atoms with Gasteiger partial charge in [0.25, 0.3) is 0 Å². The molecule has 0 N–H and O–H groups in total. The number of alkyl halides is 2. The topological polar surface area (TPSA) is 9.23 Å². The van der Waals surface area contributed by atoms with Crippen molar-refractivity contribution in [2.24, 2.45) is 0 Å². The molecule has 0 bridgehead atoms. The minimum Gasteiger partial charge on any atom is -0.434 e. The van der Waals surface area contributed by atoms with Gasteiger partial charge >= 0.3 is 6.61 Å². The first-order valence-electron chi connectivity index (χ1n) is 5.49. The zero-order valence-electron chi connectivity index (χ0n) is 10.1. The van der Waals surface area contributed by atoms with Crippen molar-refractivity contribution in [2.45, 2.75) is 11.5 Å². The molecular formula is C14H11ClF2OS. The third-order valence-electron chi connectivity index (χ3n) is 2.57. The minimum absolute atomic E-state index is 0.144. The smallest absolute Gasteiger partial charge is 0.387 e. The fourth-order valence-corrected chi connectivity index (χ4v) is 2.61. The van der Waals surface area contributed by atoms with Gasteiger partial charge in [0, 0.05) is 10.5 Å². The van der Waals surface area contributed by atoms with Crippen molar-refractivity contribution in [1.82, 2.24) is 0 Å². The molecule has 0 aliphatic heterocycles. The maximum Gasteiger partial charge on any atom is 0.387 e. The molecule has 0 aromatic heterocycles. The van der Waals surface area contributed by atoms with Crippen LogP contribution in [0, 0.1) is 0 Å². The Bertz CT molecular complexity index is 575. The summed E-state index contributed by atoms with van der Waals surface area (Å²) < 4.78 is 29.2. The SMILES string of the molecule is CSc1ccc(-c2ccccc2OC(F)F)cc1Cl. The Hall–Kier alpha value is -1.26. The van der Waals surface area contributed by atoms with Crippen LogP contribution in [-0.2, 0) is 0 Å². The molecular weight excluding hydrogens is 290 g/mol. The summed E-state index contributed by atoms with van der Waals surface area (Å²) in [5, 5.41) is 0.594. The number of para-hydroxylation sites is 1. The van der Waals surface area contributed by atoms with Crippen molar-refractivity contribution < 1.29 is 13.5 Å². The second-order valence-electron chi connectivity index (χ2n) is 3.72. The summed E-state index contributed by atoms with van der Waals surface area (Å²) in [6.45, 7) is -2.85. The number of thioether (sulfide) groups is 1. The van der Waals surface area contributed by atoms with E-state index >= 15 is 0 Å². The number of halogens is 3. The Morgan fingerprint density at radius 3 is 2.53 bits per heavy atom. The first kappa shape index (κ1) is 14.2. The lowest BCUT2D eigenvalue weighted by Crippen LogP contribution is -2.02. The maximum absolute atomic E-state index is 12.4. The van der Waals surface area contributed by atoms with Crippen molar-refractivity contribution in [3.63, 3.8) is 0 Å². The highest BCUT2D eigenvalue weighted by Crippen LogP contribution is 2.35. The summed E-state index contributed by atoms with van der Waals surface area (Å²) in [5.74, 6) is 0.144. The highest BCUT2D eigenvalue weighted by atomic mass is 35.5. The van der Waals surface area contributed by atoms with Crippen molar-refractivity contribution in [3.8, 4) is 16.9 Å². The molecule has 0 aliphatic rings. The Morgan fingerprint density at radius 2 is 1.89 bits per heavy atom. The average molecular weight is 301 g/mol. The zero-order valence-corrected chi connectivity index (χ0v) is 11.6. The largest absolute Gasteiger partial charge is 0.434 e. The van der Waals surface area contributed by atoms with Crippen LogP contribution >= 0.6 is 23.4 Å². The van der Waals surface area contributed by atoms with Crippen LogP contribution in [0.3, 0.4) is 0 Å². The highest BCUT2D eigenvalue weighted by molar-refractivity contribution is 7.98. The quantitative estimate of drug-likeness (QED) is 0.706. The molecule has 0 spiro atoms. The molecule has 2 aromatic carbocycles. The molecule has 0 unspecified atom stereocenters. The van der Waals surface area contributed by atoms with Gasteiger partial charge in [0.05, 0.1) is 5.02 Å². The van der Waals surface area contributed by atoms with Gasteiger partial charge < -0.3 is 4.74 Å². The van der Waals surface area contributed by atoms with Gasteiger partial charge in [-0.25, -0.2) is 0 Å². The van der Waals surface area contributed by atoms with Crippen LogP contribution in [0.2, 0.25) is 5.02 Å². The van der Waals surface area contributed by atoms with Gasteiger partial charge in [-0.2, -0.15) is 8.78 Å². The van der Waals surface area contributed by atoms with E-state index in [2.05, 4.69) is 4.74 Å². The maximum atomic E-state index is 12.4. The Kier molecular flexibility index (Phi) is 4.66. The van der Waals surface area contributed by atoms with E-state index in [0.29, 0.717) is 10.6 Å². The lowest BCUT2D eigenvalue weighted by atomic mass is 10.0. The van der Waals surface area contributed by atoms with Crippen LogP contribution in [0.1, 0.15) is 0 Å². The molecule has 19 heavy (non-hydrogen) atoms. The second kappa shape index (κ2) is 6.26. The van der Waals surface area contributed by atoms with Crippen LogP contribution in [-0.4, -0.2) is 12.9 Å². The van der Waals surface area contributed by atoms with Gasteiger partial charge in [-0.3, -0.25) is 0 Å². The molecule has 0 heterocycles. The summed E-state index contributed by atoms with van der Waals surface area (Å²) >= 11 is 7.66. The molecule has 100 valence electrons. The first-order valence-corrected chi connectivity index (χ1v) is 7.10. The summed E-state index contributed by atoms with van der Waals surface area (Å²) in [7, 11) is 0. The normalized spacial score (nSPS) is 10.8. The highest BCUT2D eigenvalue weighted by Gasteiger charge is 2.11. The third-order valence-corrected chi connectivity index (χ3v) is 3.79. The molecule has 0 aliphatic carbocycles. The van der Waals surface area contributed by atoms with E-state index in [1.807, 2.05) is 18.4 Å². The number of ether oxygens (including phenoxy) is 1. The molecule has 0 radical (unpaired) electrons. The van der Waals surface area contributed by atoms with Crippen molar-refractivity contribution in [3.05, 3.63) is 47.5 Å².